The van der Waals surface area contributed by atoms with Crippen LogP contribution in [0.2, 0.25) is 0 Å². The molecule has 0 aliphatic rings. The fourth-order valence-electron chi connectivity index (χ4n) is 0.999. The number of aromatic amines is 1. The molecule has 0 spiro atoms. The van der Waals surface area contributed by atoms with E-state index in [4.69, 9.17) is 4.42 Å². The van der Waals surface area contributed by atoms with E-state index in [-0.39, 0.29) is 4.64 Å². The van der Waals surface area contributed by atoms with Gasteiger partial charge in [0.25, 0.3) is 0 Å². The molecule has 0 radical (unpaired) electrons. The second kappa shape index (κ2) is 3.10. The second-order valence-electron chi connectivity index (χ2n) is 2.41. The molecule has 0 amide bonds. The van der Waals surface area contributed by atoms with E-state index < -0.39 is 5.82 Å². The molecule has 0 unspecified atom stereocenters. The summed E-state index contributed by atoms with van der Waals surface area (Å²) >= 11 is 4.68. The van der Waals surface area contributed by atoms with Gasteiger partial charge in [-0.05, 0) is 6.07 Å². The van der Waals surface area contributed by atoms with Crippen LogP contribution in [0.5, 0.6) is 0 Å². The van der Waals surface area contributed by atoms with Gasteiger partial charge in [0, 0.05) is 5.56 Å². The Morgan fingerprint density at radius 1 is 1.54 bits per heavy atom. The lowest BCUT2D eigenvalue weighted by Crippen LogP contribution is -1.90. The molecule has 0 saturated heterocycles. The highest BCUT2D eigenvalue weighted by molar-refractivity contribution is 7.71. The zero-order valence-corrected chi connectivity index (χ0v) is 7.27. The van der Waals surface area contributed by atoms with E-state index in [1.165, 1.54) is 18.9 Å². The summed E-state index contributed by atoms with van der Waals surface area (Å²) in [5.41, 5.74) is 0.916. The number of hydrogen-bond donors (Lipinski definition) is 1. The summed E-state index contributed by atoms with van der Waals surface area (Å²) in [6.45, 7) is 0. The summed E-state index contributed by atoms with van der Waals surface area (Å²) in [4.78, 5) is 6.27. The molecule has 0 aromatic carbocycles. The number of nitrogens with one attached hydrogen (secondary N) is 1. The maximum atomic E-state index is 13.3. The van der Waals surface area contributed by atoms with E-state index in [9.17, 15) is 4.39 Å². The lowest BCUT2D eigenvalue weighted by molar-refractivity contribution is 0.567. The molecular weight excluding hydrogens is 191 g/mol. The summed E-state index contributed by atoms with van der Waals surface area (Å²) in [6.07, 6.45) is 4.25. The number of aromatic nitrogens is 2. The first-order valence-corrected chi connectivity index (χ1v) is 3.95. The first-order chi connectivity index (χ1) is 6.29. The van der Waals surface area contributed by atoms with Gasteiger partial charge in [0.15, 0.2) is 10.5 Å². The second-order valence-corrected chi connectivity index (χ2v) is 2.80. The van der Waals surface area contributed by atoms with Crippen LogP contribution in [0.25, 0.3) is 11.3 Å². The van der Waals surface area contributed by atoms with E-state index in [1.54, 1.807) is 6.07 Å². The van der Waals surface area contributed by atoms with Crippen LogP contribution in [0.1, 0.15) is 0 Å². The van der Waals surface area contributed by atoms with Crippen molar-refractivity contribution in [3.05, 3.63) is 35.4 Å². The summed E-state index contributed by atoms with van der Waals surface area (Å²) < 4.78 is 18.1. The van der Waals surface area contributed by atoms with Crippen LogP contribution in [-0.2, 0) is 0 Å². The lowest BCUT2D eigenvalue weighted by Gasteiger charge is -1.97. The van der Waals surface area contributed by atoms with Gasteiger partial charge in [-0.25, -0.2) is 9.37 Å². The molecule has 0 bridgehead atoms. The number of hydrogen-bond acceptors (Lipinski definition) is 3. The third-order valence-corrected chi connectivity index (χ3v) is 1.89. The zero-order valence-electron chi connectivity index (χ0n) is 6.45. The van der Waals surface area contributed by atoms with Crippen LogP contribution < -0.4 is 0 Å². The number of H-pyrrole nitrogens is 1. The summed E-state index contributed by atoms with van der Waals surface area (Å²) in [6, 6.07) is 1.64. The van der Waals surface area contributed by atoms with Crippen LogP contribution in [-0.4, -0.2) is 9.97 Å². The number of furan rings is 1. The van der Waals surface area contributed by atoms with Crippen molar-refractivity contribution < 1.29 is 8.81 Å². The van der Waals surface area contributed by atoms with E-state index in [0.29, 0.717) is 11.3 Å². The molecule has 2 rings (SSSR count). The van der Waals surface area contributed by atoms with Crippen molar-refractivity contribution in [2.75, 3.05) is 0 Å². The van der Waals surface area contributed by atoms with Crippen molar-refractivity contribution in [1.82, 2.24) is 9.97 Å². The van der Waals surface area contributed by atoms with Crippen LogP contribution in [0.4, 0.5) is 4.39 Å². The molecule has 2 aromatic rings. The zero-order chi connectivity index (χ0) is 9.26. The highest BCUT2D eigenvalue weighted by atomic mass is 32.1. The Morgan fingerprint density at radius 3 is 3.08 bits per heavy atom. The topological polar surface area (TPSA) is 41.8 Å². The monoisotopic (exact) mass is 196 g/mol. The molecule has 66 valence electrons. The molecule has 0 atom stereocenters. The number of rotatable bonds is 1. The van der Waals surface area contributed by atoms with Gasteiger partial charge in [-0.2, -0.15) is 0 Å². The first-order valence-electron chi connectivity index (χ1n) is 3.55. The van der Waals surface area contributed by atoms with Gasteiger partial charge >= 0.3 is 0 Å². The minimum absolute atomic E-state index is 0.0463. The van der Waals surface area contributed by atoms with E-state index in [0.717, 1.165) is 0 Å². The summed E-state index contributed by atoms with van der Waals surface area (Å²) in [7, 11) is 0. The van der Waals surface area contributed by atoms with Gasteiger partial charge in [0.05, 0.1) is 24.5 Å². The highest BCUT2D eigenvalue weighted by Gasteiger charge is 2.07. The van der Waals surface area contributed by atoms with E-state index >= 15 is 0 Å². The quantitative estimate of drug-likeness (QED) is 0.712. The van der Waals surface area contributed by atoms with Gasteiger partial charge in [0.1, 0.15) is 0 Å². The van der Waals surface area contributed by atoms with Crippen molar-refractivity contribution in [3.63, 3.8) is 0 Å². The third-order valence-electron chi connectivity index (χ3n) is 1.61. The maximum Gasteiger partial charge on any atom is 0.184 e. The largest absolute Gasteiger partial charge is 0.472 e. The molecule has 2 aromatic heterocycles. The Balaban J connectivity index is 2.66. The Morgan fingerprint density at radius 2 is 2.38 bits per heavy atom. The van der Waals surface area contributed by atoms with Crippen molar-refractivity contribution in [2.45, 2.75) is 0 Å². The molecule has 0 saturated carbocycles. The minimum Gasteiger partial charge on any atom is -0.472 e. The Kier molecular flexibility index (Phi) is 1.94. The van der Waals surface area contributed by atoms with Gasteiger partial charge < -0.3 is 9.40 Å². The average Bonchev–Trinajstić information content (AvgIpc) is 2.62. The minimum atomic E-state index is -0.529. The van der Waals surface area contributed by atoms with Crippen LogP contribution in [0.3, 0.4) is 0 Å². The third kappa shape index (κ3) is 1.38. The van der Waals surface area contributed by atoms with Crippen molar-refractivity contribution >= 4 is 12.2 Å². The highest BCUT2D eigenvalue weighted by Crippen LogP contribution is 2.19. The van der Waals surface area contributed by atoms with E-state index in [2.05, 4.69) is 22.2 Å². The summed E-state index contributed by atoms with van der Waals surface area (Å²) in [5, 5.41) is 0. The normalized spacial score (nSPS) is 10.2. The van der Waals surface area contributed by atoms with Crippen LogP contribution in [0, 0.1) is 10.5 Å². The number of halogens is 1. The van der Waals surface area contributed by atoms with Gasteiger partial charge in [-0.1, -0.05) is 12.2 Å². The van der Waals surface area contributed by atoms with E-state index in [1.807, 2.05) is 0 Å². The molecule has 3 nitrogen and oxygen atoms in total. The maximum absolute atomic E-state index is 13.3. The Bertz CT molecular complexity index is 463. The molecule has 0 aliphatic heterocycles. The molecule has 0 aliphatic carbocycles. The van der Waals surface area contributed by atoms with Crippen molar-refractivity contribution in [3.8, 4) is 11.3 Å². The first kappa shape index (κ1) is 8.12. The molecule has 1 N–H and O–H groups in total. The predicted molar refractivity (Wildman–Crippen MR) is 47.1 cm³/mol. The standard InChI is InChI=1S/C8H5FN2OS/c9-6-7(5-1-2-12-3-5)10-4-11-8(6)13/h1-4H,(H,10,11,13). The molecular formula is C8H5FN2OS. The number of nitrogens with zero attached hydrogens (tertiary/aromatic N) is 1. The molecule has 2 heterocycles. The molecule has 5 heteroatoms. The SMILES string of the molecule is Fc1c(-c2ccoc2)[nH]cnc1=S. The van der Waals surface area contributed by atoms with Crippen LogP contribution >= 0.6 is 12.2 Å². The Labute approximate surface area is 78.2 Å². The fraction of sp³-hybridized carbons (Fsp3) is 0. The summed E-state index contributed by atoms with van der Waals surface area (Å²) in [5.74, 6) is -0.529. The smallest absolute Gasteiger partial charge is 0.184 e. The van der Waals surface area contributed by atoms with Gasteiger partial charge in [0.2, 0.25) is 0 Å². The van der Waals surface area contributed by atoms with Gasteiger partial charge in [-0.15, -0.1) is 0 Å². The van der Waals surface area contributed by atoms with Crippen molar-refractivity contribution in [2.24, 2.45) is 0 Å². The van der Waals surface area contributed by atoms with Crippen LogP contribution in [0.15, 0.2) is 29.3 Å². The molecule has 0 fully saturated rings. The van der Waals surface area contributed by atoms with Crippen molar-refractivity contribution in [1.29, 1.82) is 0 Å². The average molecular weight is 196 g/mol. The lowest BCUT2D eigenvalue weighted by atomic mass is 10.2. The fourth-order valence-corrected chi connectivity index (χ4v) is 1.15. The molecule has 13 heavy (non-hydrogen) atoms. The Hall–Kier alpha value is -1.49. The van der Waals surface area contributed by atoms with Gasteiger partial charge in [-0.3, -0.25) is 0 Å². The predicted octanol–water partition coefficient (Wildman–Crippen LogP) is 2.54.